The number of piperazine rings is 1. The van der Waals surface area contributed by atoms with Gasteiger partial charge in [0.15, 0.2) is 9.84 Å². The zero-order valence-electron chi connectivity index (χ0n) is 10.2. The maximum absolute atomic E-state index is 12.3. The van der Waals surface area contributed by atoms with Crippen molar-refractivity contribution in [1.29, 1.82) is 0 Å². The summed E-state index contributed by atoms with van der Waals surface area (Å²) in [6, 6.07) is 0. The molecule has 0 aliphatic carbocycles. The molecule has 2 heterocycles. The van der Waals surface area contributed by atoms with E-state index in [0.717, 1.165) is 0 Å². The second kappa shape index (κ2) is 5.41. The number of rotatable bonds is 2. The molecule has 0 radical (unpaired) electrons. The van der Waals surface area contributed by atoms with Crippen molar-refractivity contribution in [2.75, 3.05) is 50.8 Å². The van der Waals surface area contributed by atoms with Crippen LogP contribution in [-0.2, 0) is 20.0 Å². The summed E-state index contributed by atoms with van der Waals surface area (Å²) in [4.78, 5) is 0. The maximum atomic E-state index is 12.3. The molecule has 0 aromatic rings. The average molecular weight is 297 g/mol. The van der Waals surface area contributed by atoms with Gasteiger partial charge in [-0.2, -0.15) is 17.0 Å². The molecular weight excluding hydrogens is 278 g/mol. The lowest BCUT2D eigenvalue weighted by Crippen LogP contribution is -2.52. The van der Waals surface area contributed by atoms with Crippen molar-refractivity contribution in [2.24, 2.45) is 0 Å². The van der Waals surface area contributed by atoms with Crippen LogP contribution in [0.3, 0.4) is 0 Å². The quantitative estimate of drug-likeness (QED) is 0.654. The van der Waals surface area contributed by atoms with Crippen LogP contribution in [0.2, 0.25) is 0 Å². The lowest BCUT2D eigenvalue weighted by atomic mass is 10.4. The number of hydrogen-bond donors (Lipinski definition) is 1. The summed E-state index contributed by atoms with van der Waals surface area (Å²) in [6.45, 7) is 2.56. The van der Waals surface area contributed by atoms with E-state index in [0.29, 0.717) is 39.1 Å². The molecule has 2 rings (SSSR count). The molecule has 2 fully saturated rings. The van der Waals surface area contributed by atoms with Gasteiger partial charge in [-0.05, 0) is 6.42 Å². The average Bonchev–Trinajstić information content (AvgIpc) is 2.52. The zero-order valence-corrected chi connectivity index (χ0v) is 11.8. The number of nitrogens with one attached hydrogen (secondary N) is 1. The highest BCUT2D eigenvalue weighted by Crippen LogP contribution is 2.14. The third-order valence-corrected chi connectivity index (χ3v) is 6.99. The number of nitrogens with zero attached hydrogens (tertiary/aromatic N) is 2. The molecule has 1 N–H and O–H groups in total. The minimum Gasteiger partial charge on any atom is -0.314 e. The van der Waals surface area contributed by atoms with E-state index in [1.165, 1.54) is 8.61 Å². The van der Waals surface area contributed by atoms with Crippen molar-refractivity contribution in [2.45, 2.75) is 6.42 Å². The fraction of sp³-hybridized carbons (Fsp3) is 1.00. The Morgan fingerprint density at radius 2 is 1.50 bits per heavy atom. The summed E-state index contributed by atoms with van der Waals surface area (Å²) in [5, 5.41) is 3.09. The van der Waals surface area contributed by atoms with E-state index in [2.05, 4.69) is 5.32 Å². The number of hydrogen-bond acceptors (Lipinski definition) is 5. The summed E-state index contributed by atoms with van der Waals surface area (Å²) in [5.41, 5.74) is 0. The highest BCUT2D eigenvalue weighted by molar-refractivity contribution is 7.91. The van der Waals surface area contributed by atoms with Gasteiger partial charge in [0, 0.05) is 39.3 Å². The Balaban J connectivity index is 2.09. The van der Waals surface area contributed by atoms with Crippen molar-refractivity contribution >= 4 is 20.0 Å². The lowest BCUT2D eigenvalue weighted by Gasteiger charge is -2.31. The van der Waals surface area contributed by atoms with Crippen LogP contribution in [0.25, 0.3) is 0 Å². The highest BCUT2D eigenvalue weighted by atomic mass is 32.2. The summed E-state index contributed by atoms with van der Waals surface area (Å²) in [5.74, 6) is 0.0128. The molecule has 9 heteroatoms. The van der Waals surface area contributed by atoms with Crippen LogP contribution in [0.4, 0.5) is 0 Å². The zero-order chi connectivity index (χ0) is 13.2. The predicted octanol–water partition coefficient (Wildman–Crippen LogP) is -1.74. The molecule has 0 saturated carbocycles. The van der Waals surface area contributed by atoms with Gasteiger partial charge in [-0.25, -0.2) is 8.42 Å². The maximum Gasteiger partial charge on any atom is 0.282 e. The molecule has 18 heavy (non-hydrogen) atoms. The van der Waals surface area contributed by atoms with E-state index < -0.39 is 20.0 Å². The molecule has 0 amide bonds. The fourth-order valence-electron chi connectivity index (χ4n) is 2.18. The van der Waals surface area contributed by atoms with Crippen molar-refractivity contribution < 1.29 is 16.8 Å². The topological polar surface area (TPSA) is 86.8 Å². The second-order valence-electron chi connectivity index (χ2n) is 4.56. The van der Waals surface area contributed by atoms with Crippen molar-refractivity contribution in [3.8, 4) is 0 Å². The monoisotopic (exact) mass is 297 g/mol. The minimum absolute atomic E-state index is 0.0711. The van der Waals surface area contributed by atoms with E-state index in [4.69, 9.17) is 0 Å². The molecule has 2 saturated heterocycles. The highest BCUT2D eigenvalue weighted by Gasteiger charge is 2.32. The molecule has 7 nitrogen and oxygen atoms in total. The van der Waals surface area contributed by atoms with Crippen LogP contribution in [0, 0.1) is 0 Å². The SMILES string of the molecule is O=S1(=O)CCCN(S(=O)(=O)N2CCNCC2)CC1. The van der Waals surface area contributed by atoms with E-state index in [-0.39, 0.29) is 18.1 Å². The molecule has 0 aromatic heterocycles. The normalized spacial score (nSPS) is 27.8. The van der Waals surface area contributed by atoms with Crippen LogP contribution < -0.4 is 5.32 Å². The van der Waals surface area contributed by atoms with Gasteiger partial charge < -0.3 is 5.32 Å². The fourth-order valence-corrected chi connectivity index (χ4v) is 5.22. The molecule has 0 spiro atoms. The summed E-state index contributed by atoms with van der Waals surface area (Å²) < 4.78 is 50.4. The van der Waals surface area contributed by atoms with E-state index >= 15 is 0 Å². The minimum atomic E-state index is -3.50. The Morgan fingerprint density at radius 3 is 2.17 bits per heavy atom. The van der Waals surface area contributed by atoms with Gasteiger partial charge in [0.25, 0.3) is 10.2 Å². The van der Waals surface area contributed by atoms with E-state index in [9.17, 15) is 16.8 Å². The first-order valence-corrected chi connectivity index (χ1v) is 9.30. The Hall–Kier alpha value is -0.220. The van der Waals surface area contributed by atoms with Gasteiger partial charge >= 0.3 is 0 Å². The summed E-state index contributed by atoms with van der Waals surface area (Å²) >= 11 is 0. The van der Waals surface area contributed by atoms with E-state index in [1.54, 1.807) is 0 Å². The molecule has 0 unspecified atom stereocenters. The van der Waals surface area contributed by atoms with Crippen molar-refractivity contribution in [3.63, 3.8) is 0 Å². The van der Waals surface area contributed by atoms with Gasteiger partial charge in [-0.3, -0.25) is 0 Å². The van der Waals surface area contributed by atoms with Gasteiger partial charge in [0.05, 0.1) is 11.5 Å². The molecule has 0 bridgehead atoms. The van der Waals surface area contributed by atoms with Crippen molar-refractivity contribution in [1.82, 2.24) is 13.9 Å². The molecule has 2 aliphatic heterocycles. The first-order valence-electron chi connectivity index (χ1n) is 6.08. The van der Waals surface area contributed by atoms with Crippen LogP contribution >= 0.6 is 0 Å². The largest absolute Gasteiger partial charge is 0.314 e. The Bertz CT molecular complexity index is 482. The lowest BCUT2D eigenvalue weighted by molar-refractivity contribution is 0.317. The first kappa shape index (κ1) is 14.2. The summed E-state index contributed by atoms with van der Waals surface area (Å²) in [6.07, 6.45) is 0.383. The third kappa shape index (κ3) is 3.21. The van der Waals surface area contributed by atoms with Crippen LogP contribution in [-0.4, -0.2) is 76.2 Å². The Kier molecular flexibility index (Phi) is 4.27. The third-order valence-electron chi connectivity index (χ3n) is 3.24. The number of sulfone groups is 1. The molecule has 106 valence electrons. The molecular formula is C9H19N3O4S2. The predicted molar refractivity (Wildman–Crippen MR) is 68.2 cm³/mol. The molecule has 0 aromatic carbocycles. The Labute approximate surface area is 108 Å². The van der Waals surface area contributed by atoms with Crippen LogP contribution in [0.15, 0.2) is 0 Å². The standard InChI is InChI=1S/C9H19N3O4S2/c13-17(14)8-1-4-11(7-9-17)18(15,16)12-5-2-10-3-6-12/h10H,1-9H2. The smallest absolute Gasteiger partial charge is 0.282 e. The van der Waals surface area contributed by atoms with Crippen LogP contribution in [0.1, 0.15) is 6.42 Å². The Morgan fingerprint density at radius 1 is 0.889 bits per heavy atom. The molecule has 0 atom stereocenters. The first-order chi connectivity index (χ1) is 8.42. The summed E-state index contributed by atoms with van der Waals surface area (Å²) in [7, 11) is -6.58. The molecule has 2 aliphatic rings. The van der Waals surface area contributed by atoms with Crippen molar-refractivity contribution in [3.05, 3.63) is 0 Å². The van der Waals surface area contributed by atoms with E-state index in [1.807, 2.05) is 0 Å². The van der Waals surface area contributed by atoms with Gasteiger partial charge in [-0.1, -0.05) is 0 Å². The van der Waals surface area contributed by atoms with Gasteiger partial charge in [-0.15, -0.1) is 0 Å². The van der Waals surface area contributed by atoms with Crippen LogP contribution in [0.5, 0.6) is 0 Å². The van der Waals surface area contributed by atoms with Gasteiger partial charge in [0.2, 0.25) is 0 Å². The van der Waals surface area contributed by atoms with Gasteiger partial charge in [0.1, 0.15) is 0 Å². The second-order valence-corrected chi connectivity index (χ2v) is 8.79.